The minimum absolute atomic E-state index is 0.0839. The number of nitrogens with zero attached hydrogens (tertiary/aromatic N) is 4. The molecule has 3 aromatic heterocycles. The van der Waals surface area contributed by atoms with Crippen molar-refractivity contribution in [3.63, 3.8) is 0 Å². The molecule has 8 heteroatoms. The second-order valence-electron chi connectivity index (χ2n) is 6.51. The Hall–Kier alpha value is -4.33. The first-order chi connectivity index (χ1) is 15.2. The molecule has 3 heterocycles. The van der Waals surface area contributed by atoms with Gasteiger partial charge in [0.25, 0.3) is 0 Å². The smallest absolute Gasteiger partial charge is 0.244 e. The summed E-state index contributed by atoms with van der Waals surface area (Å²) in [4.78, 5) is 20.3. The Morgan fingerprint density at radius 1 is 1.13 bits per heavy atom. The van der Waals surface area contributed by atoms with Crippen LogP contribution in [0.3, 0.4) is 0 Å². The highest BCUT2D eigenvalue weighted by Crippen LogP contribution is 2.24. The van der Waals surface area contributed by atoms with Crippen LogP contribution in [-0.2, 0) is 11.3 Å². The van der Waals surface area contributed by atoms with Gasteiger partial charge < -0.3 is 10.1 Å². The first-order valence-electron chi connectivity index (χ1n) is 9.46. The van der Waals surface area contributed by atoms with Crippen LogP contribution in [-0.4, -0.2) is 25.7 Å². The standard InChI is InChI=1S/C23H18FN5O2/c24-20-13-17(4-7-21(20)31-19-3-1-10-25-16-19)6-9-23(30)27-15-18-5-8-22(26-14-18)29-12-2-11-28-29/h1-14,16H,15H2,(H,27,30)/b9-6+. The van der Waals surface area contributed by atoms with Gasteiger partial charge in [-0.3, -0.25) is 9.78 Å². The average molecular weight is 415 g/mol. The number of aromatic nitrogens is 4. The largest absolute Gasteiger partial charge is 0.453 e. The summed E-state index contributed by atoms with van der Waals surface area (Å²) in [6.07, 6.45) is 11.1. The number of ether oxygens (including phenoxy) is 1. The van der Waals surface area contributed by atoms with E-state index in [0.717, 1.165) is 5.56 Å². The van der Waals surface area contributed by atoms with Gasteiger partial charge in [0, 0.05) is 37.4 Å². The number of carbonyl (C=O) groups is 1. The Labute approximate surface area is 177 Å². The highest BCUT2D eigenvalue weighted by molar-refractivity contribution is 5.91. The zero-order valence-corrected chi connectivity index (χ0v) is 16.4. The van der Waals surface area contributed by atoms with E-state index < -0.39 is 5.82 Å². The number of hydrogen-bond donors (Lipinski definition) is 1. The number of halogens is 1. The third-order valence-corrected chi connectivity index (χ3v) is 4.26. The fraction of sp³-hybridized carbons (Fsp3) is 0.0435. The van der Waals surface area contributed by atoms with Crippen LogP contribution >= 0.6 is 0 Å². The first kappa shape index (κ1) is 20.0. The molecule has 0 spiro atoms. The number of pyridine rings is 2. The molecule has 0 aliphatic rings. The van der Waals surface area contributed by atoms with E-state index in [0.29, 0.717) is 23.7 Å². The van der Waals surface area contributed by atoms with Crippen molar-refractivity contribution in [2.45, 2.75) is 6.54 Å². The topological polar surface area (TPSA) is 81.9 Å². The maximum atomic E-state index is 14.3. The van der Waals surface area contributed by atoms with E-state index in [2.05, 4.69) is 20.4 Å². The maximum Gasteiger partial charge on any atom is 0.244 e. The molecule has 154 valence electrons. The van der Waals surface area contributed by atoms with Gasteiger partial charge in [0.1, 0.15) is 5.75 Å². The van der Waals surface area contributed by atoms with Gasteiger partial charge in [0.2, 0.25) is 5.91 Å². The molecule has 0 saturated carbocycles. The Bertz CT molecular complexity index is 1180. The molecular formula is C23H18FN5O2. The predicted molar refractivity (Wildman–Crippen MR) is 113 cm³/mol. The summed E-state index contributed by atoms with van der Waals surface area (Å²) in [5.74, 6) is 0.386. The summed E-state index contributed by atoms with van der Waals surface area (Å²) in [7, 11) is 0. The molecule has 0 atom stereocenters. The van der Waals surface area contributed by atoms with Gasteiger partial charge in [-0.1, -0.05) is 12.1 Å². The van der Waals surface area contributed by atoms with Crippen molar-refractivity contribution in [2.24, 2.45) is 0 Å². The molecule has 0 aliphatic carbocycles. The van der Waals surface area contributed by atoms with Crippen molar-refractivity contribution in [2.75, 3.05) is 0 Å². The SMILES string of the molecule is O=C(/C=C/c1ccc(Oc2cccnc2)c(F)c1)NCc1ccc(-n2cccn2)nc1. The number of carbonyl (C=O) groups excluding carboxylic acids is 1. The Morgan fingerprint density at radius 3 is 2.77 bits per heavy atom. The Kier molecular flexibility index (Phi) is 6.08. The number of rotatable bonds is 7. The number of amides is 1. The molecule has 0 bridgehead atoms. The lowest BCUT2D eigenvalue weighted by Gasteiger charge is -2.07. The first-order valence-corrected chi connectivity index (χ1v) is 9.46. The molecular weight excluding hydrogens is 397 g/mol. The van der Waals surface area contributed by atoms with Crippen molar-refractivity contribution >= 4 is 12.0 Å². The number of benzene rings is 1. The van der Waals surface area contributed by atoms with Crippen LogP contribution in [0.25, 0.3) is 11.9 Å². The van der Waals surface area contributed by atoms with E-state index in [1.165, 1.54) is 30.5 Å². The van der Waals surface area contributed by atoms with Crippen molar-refractivity contribution in [3.8, 4) is 17.3 Å². The number of hydrogen-bond acceptors (Lipinski definition) is 5. The van der Waals surface area contributed by atoms with Crippen molar-refractivity contribution in [1.82, 2.24) is 25.1 Å². The second-order valence-corrected chi connectivity index (χ2v) is 6.51. The third-order valence-electron chi connectivity index (χ3n) is 4.26. The quantitative estimate of drug-likeness (QED) is 0.463. The zero-order valence-electron chi connectivity index (χ0n) is 16.4. The third kappa shape index (κ3) is 5.39. The minimum atomic E-state index is -0.533. The van der Waals surface area contributed by atoms with Crippen LogP contribution in [0.1, 0.15) is 11.1 Å². The van der Waals surface area contributed by atoms with Crippen LogP contribution in [0.2, 0.25) is 0 Å². The normalized spacial score (nSPS) is 10.9. The highest BCUT2D eigenvalue weighted by Gasteiger charge is 2.06. The molecule has 0 saturated heterocycles. The van der Waals surface area contributed by atoms with E-state index in [1.54, 1.807) is 47.7 Å². The van der Waals surface area contributed by atoms with Gasteiger partial charge in [-0.05, 0) is 53.6 Å². The summed E-state index contributed by atoms with van der Waals surface area (Å²) < 4.78 is 21.4. The molecule has 1 amide bonds. The average Bonchev–Trinajstić information content (AvgIpc) is 3.34. The van der Waals surface area contributed by atoms with Crippen molar-refractivity contribution in [3.05, 3.63) is 103 Å². The highest BCUT2D eigenvalue weighted by atomic mass is 19.1. The number of nitrogens with one attached hydrogen (secondary N) is 1. The summed E-state index contributed by atoms with van der Waals surface area (Å²) in [5.41, 5.74) is 1.39. The predicted octanol–water partition coefficient (Wildman–Crippen LogP) is 3.92. The lowest BCUT2D eigenvalue weighted by Crippen LogP contribution is -2.20. The maximum absolute atomic E-state index is 14.3. The van der Waals surface area contributed by atoms with Crippen molar-refractivity contribution in [1.29, 1.82) is 0 Å². The van der Waals surface area contributed by atoms with Crippen LogP contribution in [0.15, 0.2) is 85.6 Å². The molecule has 0 unspecified atom stereocenters. The zero-order chi connectivity index (χ0) is 21.5. The lowest BCUT2D eigenvalue weighted by molar-refractivity contribution is -0.116. The molecule has 0 radical (unpaired) electrons. The molecule has 0 aliphatic heterocycles. The van der Waals surface area contributed by atoms with Crippen LogP contribution in [0.4, 0.5) is 4.39 Å². The van der Waals surface area contributed by atoms with Gasteiger partial charge >= 0.3 is 0 Å². The van der Waals surface area contributed by atoms with Crippen LogP contribution in [0, 0.1) is 5.82 Å². The van der Waals surface area contributed by atoms with Gasteiger partial charge in [-0.2, -0.15) is 5.10 Å². The molecule has 4 rings (SSSR count). The Balaban J connectivity index is 1.31. The summed E-state index contributed by atoms with van der Waals surface area (Å²) in [6, 6.07) is 13.4. The summed E-state index contributed by atoms with van der Waals surface area (Å²) in [5, 5.41) is 6.88. The Morgan fingerprint density at radius 2 is 2.06 bits per heavy atom. The van der Waals surface area contributed by atoms with Gasteiger partial charge in [0.05, 0.1) is 6.20 Å². The van der Waals surface area contributed by atoms with Crippen LogP contribution in [0.5, 0.6) is 11.5 Å². The van der Waals surface area contributed by atoms with Crippen LogP contribution < -0.4 is 10.1 Å². The molecule has 4 aromatic rings. The van der Waals surface area contributed by atoms with E-state index in [1.807, 2.05) is 18.2 Å². The second kappa shape index (κ2) is 9.45. The van der Waals surface area contributed by atoms with E-state index in [4.69, 9.17) is 4.74 Å². The molecule has 7 nitrogen and oxygen atoms in total. The lowest BCUT2D eigenvalue weighted by atomic mass is 10.2. The summed E-state index contributed by atoms with van der Waals surface area (Å²) >= 11 is 0. The van der Waals surface area contributed by atoms with Gasteiger partial charge in [-0.25, -0.2) is 14.1 Å². The van der Waals surface area contributed by atoms with E-state index in [9.17, 15) is 9.18 Å². The van der Waals surface area contributed by atoms with Crippen molar-refractivity contribution < 1.29 is 13.9 Å². The van der Waals surface area contributed by atoms with E-state index >= 15 is 0 Å². The fourth-order valence-electron chi connectivity index (χ4n) is 2.72. The molecule has 1 N–H and O–H groups in total. The summed E-state index contributed by atoms with van der Waals surface area (Å²) in [6.45, 7) is 0.321. The molecule has 1 aromatic carbocycles. The minimum Gasteiger partial charge on any atom is -0.453 e. The van der Waals surface area contributed by atoms with E-state index in [-0.39, 0.29) is 11.7 Å². The fourth-order valence-corrected chi connectivity index (χ4v) is 2.72. The monoisotopic (exact) mass is 415 g/mol. The van der Waals surface area contributed by atoms with Gasteiger partial charge in [-0.15, -0.1) is 0 Å². The molecule has 0 fully saturated rings. The van der Waals surface area contributed by atoms with Gasteiger partial charge in [0.15, 0.2) is 17.4 Å². The molecule has 31 heavy (non-hydrogen) atoms.